The Bertz CT molecular complexity index is 966. The highest BCUT2D eigenvalue weighted by Crippen LogP contribution is 2.21. The monoisotopic (exact) mass is 398 g/mol. The van der Waals surface area contributed by atoms with Crippen LogP contribution in [0.4, 0.5) is 4.39 Å². The Hall–Kier alpha value is -2.27. The lowest BCUT2D eigenvalue weighted by atomic mass is 10.2. The molecule has 0 spiro atoms. The zero-order valence-electron chi connectivity index (χ0n) is 14.3. The van der Waals surface area contributed by atoms with Crippen molar-refractivity contribution in [2.75, 3.05) is 26.2 Å². The predicted molar refractivity (Wildman–Crippen MR) is 93.0 cm³/mol. The second-order valence-electron chi connectivity index (χ2n) is 6.14. The lowest BCUT2D eigenvalue weighted by Crippen LogP contribution is -2.48. The Morgan fingerprint density at radius 2 is 1.74 bits per heavy atom. The zero-order valence-corrected chi connectivity index (χ0v) is 15.2. The average molecular weight is 398 g/mol. The second-order valence-corrected chi connectivity index (χ2v) is 8.08. The molecule has 2 heterocycles. The van der Waals surface area contributed by atoms with Crippen LogP contribution in [0.2, 0.25) is 0 Å². The number of aliphatic hydroxyl groups is 1. The molecule has 2 N–H and O–H groups in total. The molecule has 0 unspecified atom stereocenters. The van der Waals surface area contributed by atoms with Gasteiger partial charge in [-0.1, -0.05) is 0 Å². The van der Waals surface area contributed by atoms with Gasteiger partial charge in [-0.3, -0.25) is 9.69 Å². The van der Waals surface area contributed by atoms with Gasteiger partial charge in [0.25, 0.3) is 0 Å². The molecule has 0 amide bonds. The first kappa shape index (κ1) is 19.5. The van der Waals surface area contributed by atoms with Gasteiger partial charge in [-0.05, 0) is 24.3 Å². The number of sulfonamides is 1. The van der Waals surface area contributed by atoms with E-state index < -0.39 is 33.6 Å². The van der Waals surface area contributed by atoms with Crippen LogP contribution in [0.25, 0.3) is 0 Å². The second kappa shape index (κ2) is 7.77. The fourth-order valence-electron chi connectivity index (χ4n) is 2.86. The molecule has 1 saturated heterocycles. The van der Waals surface area contributed by atoms with Crippen LogP contribution in [0.1, 0.15) is 11.5 Å². The molecule has 0 atom stereocenters. The quantitative estimate of drug-likeness (QED) is 0.754. The lowest BCUT2D eigenvalue weighted by Gasteiger charge is -2.33. The van der Waals surface area contributed by atoms with Gasteiger partial charge >= 0.3 is 0 Å². The van der Waals surface area contributed by atoms with Crippen molar-refractivity contribution in [3.8, 4) is 5.75 Å². The predicted octanol–water partition coefficient (Wildman–Crippen LogP) is 0.483. The van der Waals surface area contributed by atoms with Crippen molar-refractivity contribution >= 4 is 10.0 Å². The standard InChI is InChI=1S/C17H19FN2O6S/c18-12-1-3-14(4-2-12)27(24,25)20-7-5-19(6-8-20)10-16-17(23)15(22)9-13(11-21)26-16/h1-4,9,21,23H,5-8,10-11H2. The van der Waals surface area contributed by atoms with E-state index in [2.05, 4.69) is 0 Å². The summed E-state index contributed by atoms with van der Waals surface area (Å²) in [6.45, 7) is 0.750. The van der Waals surface area contributed by atoms with Crippen LogP contribution < -0.4 is 5.43 Å². The third kappa shape index (κ3) is 4.19. The zero-order chi connectivity index (χ0) is 19.6. The van der Waals surface area contributed by atoms with Crippen molar-refractivity contribution in [2.45, 2.75) is 18.0 Å². The van der Waals surface area contributed by atoms with Gasteiger partial charge in [-0.2, -0.15) is 4.31 Å². The summed E-state index contributed by atoms with van der Waals surface area (Å²) in [5, 5.41) is 19.0. The summed E-state index contributed by atoms with van der Waals surface area (Å²) >= 11 is 0. The van der Waals surface area contributed by atoms with E-state index in [1.165, 1.54) is 16.4 Å². The summed E-state index contributed by atoms with van der Waals surface area (Å²) in [5.74, 6) is -0.953. The Balaban J connectivity index is 1.68. The van der Waals surface area contributed by atoms with Gasteiger partial charge in [0.15, 0.2) is 5.76 Å². The van der Waals surface area contributed by atoms with Gasteiger partial charge in [0.1, 0.15) is 18.2 Å². The molecule has 1 aliphatic rings. The van der Waals surface area contributed by atoms with E-state index in [-0.39, 0.29) is 36.1 Å². The number of aromatic hydroxyl groups is 1. The van der Waals surface area contributed by atoms with Crippen molar-refractivity contribution in [2.24, 2.45) is 0 Å². The van der Waals surface area contributed by atoms with Gasteiger partial charge in [-0.15, -0.1) is 0 Å². The Morgan fingerprint density at radius 1 is 1.11 bits per heavy atom. The molecule has 8 nitrogen and oxygen atoms in total. The molecule has 0 saturated carbocycles. The number of aliphatic hydroxyl groups excluding tert-OH is 1. The number of hydrogen-bond donors (Lipinski definition) is 2. The number of halogens is 1. The summed E-state index contributed by atoms with van der Waals surface area (Å²) < 4.78 is 44.8. The normalized spacial score (nSPS) is 16.5. The third-order valence-electron chi connectivity index (χ3n) is 4.35. The van der Waals surface area contributed by atoms with Crippen molar-refractivity contribution in [1.82, 2.24) is 9.21 Å². The fourth-order valence-corrected chi connectivity index (χ4v) is 4.28. The summed E-state index contributed by atoms with van der Waals surface area (Å²) in [6.07, 6.45) is 0. The number of rotatable bonds is 5. The highest BCUT2D eigenvalue weighted by Gasteiger charge is 2.29. The van der Waals surface area contributed by atoms with E-state index in [0.717, 1.165) is 18.2 Å². The molecule has 10 heteroatoms. The molecule has 27 heavy (non-hydrogen) atoms. The third-order valence-corrected chi connectivity index (χ3v) is 6.26. The van der Waals surface area contributed by atoms with Gasteiger partial charge in [0.2, 0.25) is 21.2 Å². The maximum absolute atomic E-state index is 13.0. The van der Waals surface area contributed by atoms with Gasteiger partial charge in [0.05, 0.1) is 11.4 Å². The first-order valence-corrected chi connectivity index (χ1v) is 9.69. The van der Waals surface area contributed by atoms with E-state index in [4.69, 9.17) is 9.52 Å². The van der Waals surface area contributed by atoms with Crippen LogP contribution in [-0.4, -0.2) is 54.0 Å². The van der Waals surface area contributed by atoms with E-state index in [1.54, 1.807) is 0 Å². The Morgan fingerprint density at radius 3 is 2.33 bits per heavy atom. The van der Waals surface area contributed by atoms with Crippen LogP contribution in [0.15, 0.2) is 44.4 Å². The van der Waals surface area contributed by atoms with Gasteiger partial charge in [0, 0.05) is 32.2 Å². The molecular weight excluding hydrogens is 379 g/mol. The van der Waals surface area contributed by atoms with Crippen molar-refractivity contribution in [3.63, 3.8) is 0 Å². The van der Waals surface area contributed by atoms with E-state index in [9.17, 15) is 22.7 Å². The molecule has 1 fully saturated rings. The summed E-state index contributed by atoms with van der Waals surface area (Å²) in [7, 11) is -3.72. The van der Waals surface area contributed by atoms with Crippen molar-refractivity contribution < 1.29 is 27.4 Å². The average Bonchev–Trinajstić information content (AvgIpc) is 2.66. The largest absolute Gasteiger partial charge is 0.502 e. The van der Waals surface area contributed by atoms with Crippen molar-refractivity contribution in [3.05, 3.63) is 57.9 Å². The first-order valence-electron chi connectivity index (χ1n) is 8.25. The van der Waals surface area contributed by atoms with Gasteiger partial charge in [-0.25, -0.2) is 12.8 Å². The minimum Gasteiger partial charge on any atom is -0.502 e. The molecule has 3 rings (SSSR count). The highest BCUT2D eigenvalue weighted by atomic mass is 32.2. The van der Waals surface area contributed by atoms with E-state index in [0.29, 0.717) is 13.1 Å². The van der Waals surface area contributed by atoms with Crippen LogP contribution >= 0.6 is 0 Å². The van der Waals surface area contributed by atoms with E-state index in [1.807, 2.05) is 4.90 Å². The lowest BCUT2D eigenvalue weighted by molar-refractivity contribution is 0.160. The topological polar surface area (TPSA) is 111 Å². The molecule has 146 valence electrons. The van der Waals surface area contributed by atoms with Crippen LogP contribution in [0.3, 0.4) is 0 Å². The maximum atomic E-state index is 13.0. The smallest absolute Gasteiger partial charge is 0.243 e. The SMILES string of the molecule is O=c1cc(CO)oc(CN2CCN(S(=O)(=O)c3ccc(F)cc3)CC2)c1O. The van der Waals surface area contributed by atoms with Gasteiger partial charge < -0.3 is 14.6 Å². The molecular formula is C17H19FN2O6S. The molecule has 0 aliphatic carbocycles. The number of nitrogens with zero attached hydrogens (tertiary/aromatic N) is 2. The molecule has 1 aromatic heterocycles. The molecule has 1 aromatic carbocycles. The Kier molecular flexibility index (Phi) is 5.61. The fraction of sp³-hybridized carbons (Fsp3) is 0.353. The van der Waals surface area contributed by atoms with Crippen LogP contribution in [0, 0.1) is 5.82 Å². The van der Waals surface area contributed by atoms with E-state index >= 15 is 0 Å². The minimum atomic E-state index is -3.72. The Labute approximate surface area is 155 Å². The molecule has 0 radical (unpaired) electrons. The summed E-state index contributed by atoms with van der Waals surface area (Å²) in [4.78, 5) is 13.5. The summed E-state index contributed by atoms with van der Waals surface area (Å²) in [6, 6.07) is 5.67. The molecule has 2 aromatic rings. The number of hydrogen-bond acceptors (Lipinski definition) is 7. The number of benzene rings is 1. The summed E-state index contributed by atoms with van der Waals surface area (Å²) in [5.41, 5.74) is -0.641. The van der Waals surface area contributed by atoms with Crippen molar-refractivity contribution in [1.29, 1.82) is 0 Å². The van der Waals surface area contributed by atoms with Crippen LogP contribution in [0.5, 0.6) is 5.75 Å². The highest BCUT2D eigenvalue weighted by molar-refractivity contribution is 7.89. The minimum absolute atomic E-state index is 0.0247. The van der Waals surface area contributed by atoms with Crippen LogP contribution in [-0.2, 0) is 23.2 Å². The first-order chi connectivity index (χ1) is 12.8. The number of piperazine rings is 1. The molecule has 0 bridgehead atoms. The maximum Gasteiger partial charge on any atom is 0.243 e. The molecule has 1 aliphatic heterocycles.